The normalized spacial score (nSPS) is 9.91. The predicted molar refractivity (Wildman–Crippen MR) is 85.6 cm³/mol. The van der Waals surface area contributed by atoms with E-state index in [1.807, 2.05) is 0 Å². The van der Waals surface area contributed by atoms with Crippen LogP contribution in [0.15, 0.2) is 12.2 Å². The zero-order chi connectivity index (χ0) is 16.8. The Morgan fingerprint density at radius 3 is 2.14 bits per heavy atom. The standard InChI is InChI=1S/C16H28N2O4/c1-13(2)15(20)22-12-11-18-16(21)17-10-8-6-4-5-7-9-14(3)19/h1,4-12H2,2-3H3,(H2,17,18,21). The molecule has 0 aliphatic carbocycles. The van der Waals surface area contributed by atoms with Crippen LogP contribution in [0.1, 0.15) is 52.4 Å². The second-order valence-electron chi connectivity index (χ2n) is 5.32. The van der Waals surface area contributed by atoms with E-state index in [9.17, 15) is 14.4 Å². The smallest absolute Gasteiger partial charge is 0.333 e. The molecule has 6 heteroatoms. The summed E-state index contributed by atoms with van der Waals surface area (Å²) in [5, 5.41) is 5.35. The highest BCUT2D eigenvalue weighted by molar-refractivity contribution is 5.86. The van der Waals surface area contributed by atoms with Crippen LogP contribution in [0.25, 0.3) is 0 Å². The van der Waals surface area contributed by atoms with Crippen LogP contribution in [-0.2, 0) is 14.3 Å². The first kappa shape index (κ1) is 20.1. The summed E-state index contributed by atoms with van der Waals surface area (Å²) in [6.07, 6.45) is 5.70. The number of hydrogen-bond donors (Lipinski definition) is 2. The first-order valence-corrected chi connectivity index (χ1v) is 7.77. The van der Waals surface area contributed by atoms with Crippen LogP contribution in [0.3, 0.4) is 0 Å². The molecule has 0 saturated heterocycles. The highest BCUT2D eigenvalue weighted by Crippen LogP contribution is 2.05. The zero-order valence-corrected chi connectivity index (χ0v) is 13.7. The van der Waals surface area contributed by atoms with Gasteiger partial charge in [-0.1, -0.05) is 25.8 Å². The quantitative estimate of drug-likeness (QED) is 0.329. The van der Waals surface area contributed by atoms with Gasteiger partial charge in [0, 0.05) is 18.5 Å². The fourth-order valence-electron chi connectivity index (χ4n) is 1.73. The second kappa shape index (κ2) is 12.9. The molecule has 0 heterocycles. The van der Waals surface area contributed by atoms with E-state index >= 15 is 0 Å². The molecule has 0 fully saturated rings. The number of ether oxygens (including phenoxy) is 1. The number of Topliss-reactive ketones (excluding diaryl/α,β-unsaturated/α-hetero) is 1. The van der Waals surface area contributed by atoms with E-state index in [4.69, 9.17) is 4.74 Å². The molecular formula is C16H28N2O4. The number of ketones is 1. The number of unbranched alkanes of at least 4 members (excludes halogenated alkanes) is 4. The third-order valence-electron chi connectivity index (χ3n) is 2.96. The molecule has 22 heavy (non-hydrogen) atoms. The van der Waals surface area contributed by atoms with Crippen molar-refractivity contribution in [3.63, 3.8) is 0 Å². The lowest BCUT2D eigenvalue weighted by molar-refractivity contribution is -0.138. The van der Waals surface area contributed by atoms with Crippen molar-refractivity contribution in [1.82, 2.24) is 10.6 Å². The average molecular weight is 312 g/mol. The molecule has 0 aliphatic rings. The summed E-state index contributed by atoms with van der Waals surface area (Å²) in [6.45, 7) is 7.67. The number of nitrogens with one attached hydrogen (secondary N) is 2. The van der Waals surface area contributed by atoms with Crippen molar-refractivity contribution < 1.29 is 19.1 Å². The van der Waals surface area contributed by atoms with Gasteiger partial charge in [-0.3, -0.25) is 0 Å². The molecule has 126 valence electrons. The van der Waals surface area contributed by atoms with Crippen LogP contribution < -0.4 is 10.6 Å². The van der Waals surface area contributed by atoms with E-state index in [1.54, 1.807) is 13.8 Å². The molecule has 0 atom stereocenters. The van der Waals surface area contributed by atoms with Gasteiger partial charge < -0.3 is 20.2 Å². The SMILES string of the molecule is C=C(C)C(=O)OCCNC(=O)NCCCCCCCC(C)=O. The number of carbonyl (C=O) groups is 3. The van der Waals surface area contributed by atoms with Crippen molar-refractivity contribution in [2.75, 3.05) is 19.7 Å². The lowest BCUT2D eigenvalue weighted by Crippen LogP contribution is -2.38. The second-order valence-corrected chi connectivity index (χ2v) is 5.32. The summed E-state index contributed by atoms with van der Waals surface area (Å²) >= 11 is 0. The molecule has 0 saturated carbocycles. The van der Waals surface area contributed by atoms with Gasteiger partial charge in [0.2, 0.25) is 0 Å². The Morgan fingerprint density at radius 1 is 0.909 bits per heavy atom. The van der Waals surface area contributed by atoms with Crippen LogP contribution >= 0.6 is 0 Å². The first-order valence-electron chi connectivity index (χ1n) is 7.77. The minimum absolute atomic E-state index is 0.134. The summed E-state index contributed by atoms with van der Waals surface area (Å²) in [6, 6.07) is -0.261. The summed E-state index contributed by atoms with van der Waals surface area (Å²) in [5.41, 5.74) is 0.341. The highest BCUT2D eigenvalue weighted by atomic mass is 16.5. The molecule has 0 bridgehead atoms. The largest absolute Gasteiger partial charge is 0.460 e. The number of hydrogen-bond acceptors (Lipinski definition) is 4. The highest BCUT2D eigenvalue weighted by Gasteiger charge is 2.03. The summed E-state index contributed by atoms with van der Waals surface area (Å²) in [5.74, 6) is -0.209. The van der Waals surface area contributed by atoms with E-state index in [1.165, 1.54) is 0 Å². The Morgan fingerprint density at radius 2 is 1.50 bits per heavy atom. The molecule has 0 aromatic rings. The number of carbonyl (C=O) groups excluding carboxylic acids is 3. The van der Waals surface area contributed by atoms with Crippen LogP contribution in [0.4, 0.5) is 4.79 Å². The summed E-state index contributed by atoms with van der Waals surface area (Å²) in [7, 11) is 0. The van der Waals surface area contributed by atoms with Gasteiger partial charge in [-0.25, -0.2) is 9.59 Å². The minimum atomic E-state index is -0.452. The Bertz CT molecular complexity index is 380. The van der Waals surface area contributed by atoms with E-state index in [2.05, 4.69) is 17.2 Å². The fraction of sp³-hybridized carbons (Fsp3) is 0.688. The number of urea groups is 1. The minimum Gasteiger partial charge on any atom is -0.460 e. The molecule has 2 N–H and O–H groups in total. The lowest BCUT2D eigenvalue weighted by Gasteiger charge is -2.08. The van der Waals surface area contributed by atoms with E-state index in [0.717, 1.165) is 32.1 Å². The lowest BCUT2D eigenvalue weighted by atomic mass is 10.1. The topological polar surface area (TPSA) is 84.5 Å². The Labute approximate surface area is 132 Å². The van der Waals surface area contributed by atoms with Gasteiger partial charge in [-0.05, 0) is 26.7 Å². The van der Waals surface area contributed by atoms with Crippen molar-refractivity contribution in [2.45, 2.75) is 52.4 Å². The van der Waals surface area contributed by atoms with Crippen LogP contribution in [0, 0.1) is 0 Å². The van der Waals surface area contributed by atoms with Crippen molar-refractivity contribution in [3.05, 3.63) is 12.2 Å². The first-order chi connectivity index (χ1) is 10.4. The van der Waals surface area contributed by atoms with Gasteiger partial charge in [0.25, 0.3) is 0 Å². The number of rotatable bonds is 12. The summed E-state index contributed by atoms with van der Waals surface area (Å²) < 4.78 is 4.85. The van der Waals surface area contributed by atoms with Gasteiger partial charge in [-0.2, -0.15) is 0 Å². The van der Waals surface area contributed by atoms with Crippen molar-refractivity contribution >= 4 is 17.8 Å². The van der Waals surface area contributed by atoms with Crippen molar-refractivity contribution in [2.24, 2.45) is 0 Å². The molecule has 0 rings (SSSR count). The van der Waals surface area contributed by atoms with Gasteiger partial charge in [0.15, 0.2) is 0 Å². The van der Waals surface area contributed by atoms with Crippen LogP contribution in [0.5, 0.6) is 0 Å². The molecule has 6 nitrogen and oxygen atoms in total. The molecule has 0 radical (unpaired) electrons. The van der Waals surface area contributed by atoms with E-state index in [0.29, 0.717) is 18.5 Å². The molecule has 0 spiro atoms. The molecule has 0 aromatic heterocycles. The van der Waals surface area contributed by atoms with E-state index in [-0.39, 0.29) is 25.0 Å². The van der Waals surface area contributed by atoms with Crippen molar-refractivity contribution in [3.8, 4) is 0 Å². The Hall–Kier alpha value is -1.85. The maximum atomic E-state index is 11.4. The van der Waals surface area contributed by atoms with E-state index < -0.39 is 5.97 Å². The zero-order valence-electron chi connectivity index (χ0n) is 13.7. The molecule has 0 aliphatic heterocycles. The van der Waals surface area contributed by atoms with Crippen LogP contribution in [-0.4, -0.2) is 37.5 Å². The Kier molecular flexibility index (Phi) is 11.8. The van der Waals surface area contributed by atoms with Gasteiger partial charge in [0.1, 0.15) is 12.4 Å². The third-order valence-corrected chi connectivity index (χ3v) is 2.96. The average Bonchev–Trinajstić information content (AvgIpc) is 2.45. The number of amides is 2. The van der Waals surface area contributed by atoms with Gasteiger partial charge >= 0.3 is 12.0 Å². The molecule has 2 amide bonds. The predicted octanol–water partition coefficient (Wildman–Crippen LogP) is 2.33. The Balaban J connectivity index is 3.34. The molecule has 0 unspecified atom stereocenters. The monoisotopic (exact) mass is 312 g/mol. The maximum Gasteiger partial charge on any atom is 0.333 e. The van der Waals surface area contributed by atoms with Gasteiger partial charge in [-0.15, -0.1) is 0 Å². The molecule has 0 aromatic carbocycles. The summed E-state index contributed by atoms with van der Waals surface area (Å²) in [4.78, 5) is 33.2. The van der Waals surface area contributed by atoms with Crippen LogP contribution in [0.2, 0.25) is 0 Å². The fourth-order valence-corrected chi connectivity index (χ4v) is 1.73. The number of esters is 1. The maximum absolute atomic E-state index is 11.4. The van der Waals surface area contributed by atoms with Gasteiger partial charge in [0.05, 0.1) is 6.54 Å². The third kappa shape index (κ3) is 13.1. The van der Waals surface area contributed by atoms with Crippen molar-refractivity contribution in [1.29, 1.82) is 0 Å². The molecular weight excluding hydrogens is 284 g/mol.